The van der Waals surface area contributed by atoms with Crippen molar-refractivity contribution in [3.8, 4) is 0 Å². The van der Waals surface area contributed by atoms with Crippen LogP contribution in [0.1, 0.15) is 31.4 Å². The molecule has 0 aliphatic heterocycles. The first-order chi connectivity index (χ1) is 13.0. The number of ether oxygens (including phenoxy) is 1. The maximum Gasteiger partial charge on any atom is 0.307 e. The highest BCUT2D eigenvalue weighted by atomic mass is 32.2. The van der Waals surface area contributed by atoms with Gasteiger partial charge in [0.25, 0.3) is 5.91 Å². The smallest absolute Gasteiger partial charge is 0.307 e. The summed E-state index contributed by atoms with van der Waals surface area (Å²) in [6, 6.07) is 12.0. The molecule has 144 valence electrons. The molecule has 6 heteroatoms. The van der Waals surface area contributed by atoms with Crippen LogP contribution >= 0.6 is 11.8 Å². The Bertz CT molecular complexity index is 755. The molecule has 0 heterocycles. The molecular weight excluding hydrogens is 365 g/mol. The number of hydrogen-bond donors (Lipinski definition) is 1. The number of aryl methyl sites for hydroxylation is 2. The second kappa shape index (κ2) is 10.7. The molecule has 27 heavy (non-hydrogen) atoms. The van der Waals surface area contributed by atoms with Gasteiger partial charge in [-0.05, 0) is 48.2 Å². The van der Waals surface area contributed by atoms with Crippen molar-refractivity contribution in [2.75, 3.05) is 17.7 Å². The molecule has 1 amide bonds. The fraction of sp³-hybridized carbons (Fsp3) is 0.333. The van der Waals surface area contributed by atoms with Crippen LogP contribution in [-0.4, -0.2) is 24.2 Å². The standard InChI is InChI=1S/C21H24FNO3S/c1-3-15-6-5-7-16(4-2)21(15)23-19(24)14-26-20(25)12-13-27-18-10-8-17(22)9-11-18/h5-11H,3-4,12-14H2,1-2H3,(H,23,24). The average molecular weight is 389 g/mol. The number of anilines is 1. The van der Waals surface area contributed by atoms with E-state index in [4.69, 9.17) is 4.74 Å². The van der Waals surface area contributed by atoms with Gasteiger partial charge in [-0.25, -0.2) is 4.39 Å². The van der Waals surface area contributed by atoms with Crippen molar-refractivity contribution < 1.29 is 18.7 Å². The summed E-state index contributed by atoms with van der Waals surface area (Å²) in [5, 5.41) is 2.87. The number of rotatable bonds is 9. The van der Waals surface area contributed by atoms with Crippen LogP contribution in [0.25, 0.3) is 0 Å². The Balaban J connectivity index is 1.76. The lowest BCUT2D eigenvalue weighted by molar-refractivity contribution is -0.146. The minimum absolute atomic E-state index is 0.182. The number of nitrogens with one attached hydrogen (secondary N) is 1. The highest BCUT2D eigenvalue weighted by Gasteiger charge is 2.12. The van der Waals surface area contributed by atoms with E-state index in [2.05, 4.69) is 5.32 Å². The van der Waals surface area contributed by atoms with Crippen molar-refractivity contribution in [3.63, 3.8) is 0 Å². The van der Waals surface area contributed by atoms with E-state index in [-0.39, 0.29) is 24.8 Å². The van der Waals surface area contributed by atoms with Gasteiger partial charge in [0.2, 0.25) is 0 Å². The minimum atomic E-state index is -0.431. The topological polar surface area (TPSA) is 55.4 Å². The van der Waals surface area contributed by atoms with E-state index in [9.17, 15) is 14.0 Å². The molecule has 0 saturated heterocycles. The molecule has 1 N–H and O–H groups in total. The minimum Gasteiger partial charge on any atom is -0.456 e. The lowest BCUT2D eigenvalue weighted by Crippen LogP contribution is -2.22. The van der Waals surface area contributed by atoms with Gasteiger partial charge in [0.1, 0.15) is 5.82 Å². The molecule has 0 bridgehead atoms. The first kappa shape index (κ1) is 21.0. The maximum atomic E-state index is 12.8. The molecule has 4 nitrogen and oxygen atoms in total. The third-order valence-corrected chi connectivity index (χ3v) is 5.03. The van der Waals surface area contributed by atoms with Gasteiger partial charge in [0.15, 0.2) is 6.61 Å². The van der Waals surface area contributed by atoms with Gasteiger partial charge in [0, 0.05) is 16.3 Å². The summed E-state index contributed by atoms with van der Waals surface area (Å²) in [5.74, 6) is -0.560. The van der Waals surface area contributed by atoms with Crippen LogP contribution in [0.4, 0.5) is 10.1 Å². The summed E-state index contributed by atoms with van der Waals surface area (Å²) in [6.45, 7) is 3.76. The Hall–Kier alpha value is -2.34. The van der Waals surface area contributed by atoms with Crippen molar-refractivity contribution in [3.05, 3.63) is 59.4 Å². The van der Waals surface area contributed by atoms with Gasteiger partial charge in [-0.15, -0.1) is 11.8 Å². The number of carbonyl (C=O) groups is 2. The van der Waals surface area contributed by atoms with Crippen LogP contribution < -0.4 is 5.32 Å². The predicted octanol–water partition coefficient (Wildman–Crippen LogP) is 4.61. The molecule has 0 radical (unpaired) electrons. The van der Waals surface area contributed by atoms with Gasteiger partial charge < -0.3 is 10.1 Å². The maximum absolute atomic E-state index is 12.8. The number of thioether (sulfide) groups is 1. The Labute approximate surface area is 163 Å². The van der Waals surface area contributed by atoms with Crippen LogP contribution in [-0.2, 0) is 27.2 Å². The quantitative estimate of drug-likeness (QED) is 0.502. The van der Waals surface area contributed by atoms with Gasteiger partial charge in [-0.2, -0.15) is 0 Å². The SMILES string of the molecule is CCc1cccc(CC)c1NC(=O)COC(=O)CCSc1ccc(F)cc1. The number of halogens is 1. The van der Waals surface area contributed by atoms with Crippen molar-refractivity contribution >= 4 is 29.3 Å². The third kappa shape index (κ3) is 6.71. The van der Waals surface area contributed by atoms with E-state index in [0.717, 1.165) is 34.6 Å². The largest absolute Gasteiger partial charge is 0.456 e. The molecule has 0 atom stereocenters. The Morgan fingerprint density at radius 1 is 1.04 bits per heavy atom. The molecule has 2 aromatic rings. The van der Waals surface area contributed by atoms with Crippen LogP contribution in [0.2, 0.25) is 0 Å². The fourth-order valence-electron chi connectivity index (χ4n) is 2.58. The van der Waals surface area contributed by atoms with E-state index >= 15 is 0 Å². The van der Waals surface area contributed by atoms with Crippen LogP contribution in [0.3, 0.4) is 0 Å². The first-order valence-corrected chi connectivity index (χ1v) is 9.96. The highest BCUT2D eigenvalue weighted by molar-refractivity contribution is 7.99. The van der Waals surface area contributed by atoms with E-state index in [1.54, 1.807) is 12.1 Å². The molecule has 0 aliphatic carbocycles. The molecule has 0 aliphatic rings. The van der Waals surface area contributed by atoms with Gasteiger partial charge in [-0.3, -0.25) is 9.59 Å². The van der Waals surface area contributed by atoms with Crippen molar-refractivity contribution in [1.82, 2.24) is 0 Å². The number of carbonyl (C=O) groups excluding carboxylic acids is 2. The number of esters is 1. The zero-order chi connectivity index (χ0) is 19.6. The molecule has 0 unspecified atom stereocenters. The first-order valence-electron chi connectivity index (χ1n) is 8.98. The molecular formula is C21H24FNO3S. The zero-order valence-electron chi connectivity index (χ0n) is 15.6. The van der Waals surface area contributed by atoms with Gasteiger partial charge in [-0.1, -0.05) is 32.0 Å². The molecule has 0 aromatic heterocycles. The second-order valence-electron chi connectivity index (χ2n) is 5.92. The van der Waals surface area contributed by atoms with Crippen molar-refractivity contribution in [1.29, 1.82) is 0 Å². The number of para-hydroxylation sites is 1. The van der Waals surface area contributed by atoms with Gasteiger partial charge >= 0.3 is 5.97 Å². The van der Waals surface area contributed by atoms with Crippen LogP contribution in [0.15, 0.2) is 47.4 Å². The summed E-state index contributed by atoms with van der Waals surface area (Å²) in [6.07, 6.45) is 1.80. The number of amides is 1. The lowest BCUT2D eigenvalue weighted by atomic mass is 10.0. The Morgan fingerprint density at radius 2 is 1.67 bits per heavy atom. The summed E-state index contributed by atoms with van der Waals surface area (Å²) < 4.78 is 17.9. The second-order valence-corrected chi connectivity index (χ2v) is 7.09. The average Bonchev–Trinajstić information content (AvgIpc) is 2.68. The van der Waals surface area contributed by atoms with E-state index in [1.165, 1.54) is 23.9 Å². The molecule has 0 saturated carbocycles. The number of hydrogen-bond acceptors (Lipinski definition) is 4. The molecule has 0 spiro atoms. The van der Waals surface area contributed by atoms with Crippen LogP contribution in [0.5, 0.6) is 0 Å². The van der Waals surface area contributed by atoms with E-state index in [0.29, 0.717) is 5.75 Å². The monoisotopic (exact) mass is 389 g/mol. The Kier molecular flexibility index (Phi) is 8.33. The zero-order valence-corrected chi connectivity index (χ0v) is 16.4. The molecule has 2 aromatic carbocycles. The fourth-order valence-corrected chi connectivity index (χ4v) is 3.41. The molecule has 2 rings (SSSR count). The Morgan fingerprint density at radius 3 is 2.26 bits per heavy atom. The lowest BCUT2D eigenvalue weighted by Gasteiger charge is -2.14. The summed E-state index contributed by atoms with van der Waals surface area (Å²) in [5.41, 5.74) is 2.94. The summed E-state index contributed by atoms with van der Waals surface area (Å²) in [7, 11) is 0. The van der Waals surface area contributed by atoms with Gasteiger partial charge in [0.05, 0.1) is 6.42 Å². The van der Waals surface area contributed by atoms with Crippen LogP contribution in [0, 0.1) is 5.82 Å². The molecule has 0 fully saturated rings. The van der Waals surface area contributed by atoms with Crippen molar-refractivity contribution in [2.45, 2.75) is 38.0 Å². The number of benzene rings is 2. The summed E-state index contributed by atoms with van der Waals surface area (Å²) >= 11 is 1.44. The third-order valence-electron chi connectivity index (χ3n) is 4.02. The highest BCUT2D eigenvalue weighted by Crippen LogP contribution is 2.22. The normalized spacial score (nSPS) is 10.5. The van der Waals surface area contributed by atoms with Crippen molar-refractivity contribution in [2.24, 2.45) is 0 Å². The van der Waals surface area contributed by atoms with E-state index < -0.39 is 5.97 Å². The summed E-state index contributed by atoms with van der Waals surface area (Å²) in [4.78, 5) is 24.8. The predicted molar refractivity (Wildman–Crippen MR) is 107 cm³/mol. The van der Waals surface area contributed by atoms with E-state index in [1.807, 2.05) is 32.0 Å².